The minimum atomic E-state index is -2.35. The van der Waals surface area contributed by atoms with Crippen LogP contribution >= 0.6 is 23.2 Å². The lowest BCUT2D eigenvalue weighted by Crippen LogP contribution is -2.64. The number of unbranched alkanes of at least 4 members (excludes halogenated alkanes) is 1. The van der Waals surface area contributed by atoms with Gasteiger partial charge in [0.15, 0.2) is 29.9 Å². The maximum absolute atomic E-state index is 16.1. The van der Waals surface area contributed by atoms with E-state index in [1.54, 1.807) is 0 Å². The molecule has 0 unspecified atom stereocenters. The third kappa shape index (κ3) is 16.8. The number of ether oxygens (including phenoxy) is 6. The summed E-state index contributed by atoms with van der Waals surface area (Å²) in [6.07, 6.45) is -17.1. The number of carbonyl (C=O) groups excluding carboxylic acids is 7. The van der Waals surface area contributed by atoms with Gasteiger partial charge in [-0.3, -0.25) is 33.6 Å². The monoisotopic (exact) mass is 1490 g/mol. The van der Waals surface area contributed by atoms with Crippen molar-refractivity contribution in [3.63, 3.8) is 0 Å². The maximum Gasteiger partial charge on any atom is 0.330 e. The standard InChI is InChI=1S/C69H81Cl2N9O24/c1-6-7-14-74-37(15-26(2)3)61(91)79-52-54(86)29-9-12-41(35(70)17-29)100-43-19-31-20-44(58(43)104-68-59(57(89)56(88)45(25-81)102-68)103-47-24-69(5,73)60(90)27(4)99-47)101-42-13-10-30(18-36(42)71)55(87)53-66(96)78-51(67(97)98)34-21-32(82)22-40(84)48(34)33-16-28(8-11-39(33)83)49(63(93)80-53)77-64(94)50(31)76-62(92)38(23-46(72)85)75-65(52)95/h8-13,16-22,26-27,37-38,45,47,49-57,59-60,68,74,81-84,86-90H,6-7,14-15,23-25,73H2,1-5H3,(H2,72,85)(H,75,95)(H,76,92)(H,77,94)(H,78,96)(H,79,91)(H,80,93)(H,97,98)/t27-,37+,38-,45+,47-,49+,50+,51-,52+,53-,54+,55+,56+,57-,59+,60+,68-,69-/m0/s1. The number of benzene rings is 5. The summed E-state index contributed by atoms with van der Waals surface area (Å²) in [6, 6.07) is -0.576. The smallest absolute Gasteiger partial charge is 0.330 e. The number of nitrogens with one attached hydrogen (secondary N) is 7. The quantitative estimate of drug-likeness (QED) is 0.0619. The SMILES string of the molecule is CCCCN[C@H](CC(C)C)C(=O)N[C@H]1C(=O)N[C@@H](CC(N)=O)C(=O)N[C@H]2C(=O)N[C@H]3C(=O)N[C@H](C(=O)N[C@H](C(=O)O)c4cc(O)cc(O)c4-c4cc3ccc4O)[C@H](O)c3ccc(c(Cl)c3)Oc3cc2cc(c3O[C@@H]2O[C@H](CO)[C@@H](O)[C@H](O)[C@H]2O[C@H]2C[C@](C)(N)[C@H](O)[C@H](C)O2)Oc2ccc(cc2Cl)[C@H]1O. The Balaban J connectivity index is 1.23. The lowest BCUT2D eigenvalue weighted by Gasteiger charge is -2.47. The van der Waals surface area contributed by atoms with Gasteiger partial charge >= 0.3 is 5.97 Å². The third-order valence-electron chi connectivity index (χ3n) is 18.3. The molecule has 5 aromatic rings. The van der Waals surface area contributed by atoms with Crippen LogP contribution < -0.4 is 62.9 Å². The number of aliphatic carboxylic acids is 1. The first-order chi connectivity index (χ1) is 49.2. The number of fused-ring (bicyclic) bond motifs is 15. The molecule has 560 valence electrons. The summed E-state index contributed by atoms with van der Waals surface area (Å²) in [5, 5.41) is 131. The number of phenols is 3. The van der Waals surface area contributed by atoms with E-state index in [1.165, 1.54) is 26.0 Å². The van der Waals surface area contributed by atoms with E-state index in [0.29, 0.717) is 13.0 Å². The predicted octanol–water partition coefficient (Wildman–Crippen LogP) is 1.28. The zero-order valence-corrected chi connectivity index (χ0v) is 58.0. The molecule has 21 N–H and O–H groups in total. The Hall–Kier alpha value is -9.20. The molecule has 104 heavy (non-hydrogen) atoms. The topological polar surface area (TPSA) is 530 Å². The average Bonchev–Trinajstić information content (AvgIpc) is 0.769. The molecule has 7 amide bonds. The van der Waals surface area contributed by atoms with Crippen LogP contribution in [0.5, 0.6) is 46.0 Å². The maximum atomic E-state index is 16.1. The molecule has 33 nitrogen and oxygen atoms in total. The van der Waals surface area contributed by atoms with Gasteiger partial charge in [-0.1, -0.05) is 68.6 Å². The molecule has 12 rings (SSSR count). The fraction of sp³-hybridized carbons (Fsp3) is 0.449. The fourth-order valence-electron chi connectivity index (χ4n) is 12.9. The zero-order valence-electron chi connectivity index (χ0n) is 56.4. The van der Waals surface area contributed by atoms with Gasteiger partial charge in [0.1, 0.15) is 89.5 Å². The minimum Gasteiger partial charge on any atom is -0.508 e. The first kappa shape index (κ1) is 77.4. The first-order valence-corrected chi connectivity index (χ1v) is 33.9. The van der Waals surface area contributed by atoms with Crippen LogP contribution in [0, 0.1) is 5.92 Å². The first-order valence-electron chi connectivity index (χ1n) is 33.2. The summed E-state index contributed by atoms with van der Waals surface area (Å²) >= 11 is 14.2. The Morgan fingerprint density at radius 2 is 1.34 bits per heavy atom. The molecule has 7 heterocycles. The molecule has 11 bridgehead atoms. The molecule has 5 aromatic carbocycles. The Kier molecular flexibility index (Phi) is 23.8. The van der Waals surface area contributed by atoms with Crippen molar-refractivity contribution in [1.82, 2.24) is 37.2 Å². The number of aromatic hydroxyl groups is 3. The highest BCUT2D eigenvalue weighted by molar-refractivity contribution is 6.32. The van der Waals surface area contributed by atoms with Gasteiger partial charge in [-0.15, -0.1) is 0 Å². The number of carboxylic acid groups (broad SMARTS) is 1. The van der Waals surface area contributed by atoms with E-state index >= 15 is 19.2 Å². The van der Waals surface area contributed by atoms with Gasteiger partial charge in [0.25, 0.3) is 0 Å². The Bertz CT molecular complexity index is 4130. The molecule has 7 aliphatic heterocycles. The molecule has 35 heteroatoms. The molecule has 7 aliphatic rings. The third-order valence-corrected chi connectivity index (χ3v) is 18.9. The fourth-order valence-corrected chi connectivity index (χ4v) is 13.3. The molecule has 0 saturated carbocycles. The van der Waals surface area contributed by atoms with E-state index in [1.807, 2.05) is 20.8 Å². The van der Waals surface area contributed by atoms with Gasteiger partial charge in [-0.2, -0.15) is 0 Å². The largest absolute Gasteiger partial charge is 0.508 e. The number of carboxylic acids is 1. The molecule has 0 aromatic heterocycles. The van der Waals surface area contributed by atoms with E-state index < -0.39 is 237 Å². The second-order valence-corrected chi connectivity index (χ2v) is 27.5. The van der Waals surface area contributed by atoms with Gasteiger partial charge < -0.3 is 128 Å². The number of nitrogens with two attached hydrogens (primary N) is 2. The van der Waals surface area contributed by atoms with Crippen molar-refractivity contribution < 1.29 is 118 Å². The van der Waals surface area contributed by atoms with E-state index in [2.05, 4.69) is 37.2 Å². The average molecular weight is 1490 g/mol. The summed E-state index contributed by atoms with van der Waals surface area (Å²) in [6.45, 7) is 8.03. The van der Waals surface area contributed by atoms with Crippen LogP contribution in [0.25, 0.3) is 11.1 Å². The summed E-state index contributed by atoms with van der Waals surface area (Å²) in [7, 11) is 0. The number of amides is 7. The van der Waals surface area contributed by atoms with E-state index in [-0.39, 0.29) is 46.2 Å². The second kappa shape index (κ2) is 32.0. The number of carbonyl (C=O) groups is 8. The van der Waals surface area contributed by atoms with Crippen molar-refractivity contribution >= 4 is 70.5 Å². The van der Waals surface area contributed by atoms with Crippen molar-refractivity contribution in [1.29, 1.82) is 0 Å². The molecular formula is C69H81Cl2N9O24. The number of aliphatic hydroxyl groups is 6. The lowest BCUT2D eigenvalue weighted by atomic mass is 9.86. The van der Waals surface area contributed by atoms with Crippen LogP contribution in [0.4, 0.5) is 0 Å². The number of hydrogen-bond donors (Lipinski definition) is 19. The van der Waals surface area contributed by atoms with Gasteiger partial charge in [-0.05, 0) is 116 Å². The molecule has 0 radical (unpaired) electrons. The number of primary amides is 1. The van der Waals surface area contributed by atoms with E-state index in [4.69, 9.17) is 63.1 Å². The summed E-state index contributed by atoms with van der Waals surface area (Å²) in [5.41, 5.74) is 8.08. The minimum absolute atomic E-state index is 0.0960. The normalized spacial score (nSPS) is 28.9. The van der Waals surface area contributed by atoms with Gasteiger partial charge in [0.05, 0.1) is 41.3 Å². The van der Waals surface area contributed by atoms with Crippen LogP contribution in [0.3, 0.4) is 0 Å². The van der Waals surface area contributed by atoms with Gasteiger partial charge in [0.2, 0.25) is 53.4 Å². The van der Waals surface area contributed by atoms with Crippen LogP contribution in [0.1, 0.15) is 125 Å². The van der Waals surface area contributed by atoms with Crippen LogP contribution in [-0.2, 0) is 52.6 Å². The van der Waals surface area contributed by atoms with Crippen molar-refractivity contribution in [3.8, 4) is 57.1 Å². The zero-order chi connectivity index (χ0) is 75.7. The molecular weight excluding hydrogens is 1410 g/mol. The van der Waals surface area contributed by atoms with E-state index in [0.717, 1.165) is 73.2 Å². The molecule has 0 aliphatic carbocycles. The van der Waals surface area contributed by atoms with Crippen molar-refractivity contribution in [2.45, 2.75) is 176 Å². The second-order valence-electron chi connectivity index (χ2n) is 26.7. The number of phenolic OH excluding ortho intramolecular Hbond substituents is 3. The molecule has 0 spiro atoms. The Labute approximate surface area is 603 Å². The highest BCUT2D eigenvalue weighted by Gasteiger charge is 2.52. The molecule has 2 saturated heterocycles. The van der Waals surface area contributed by atoms with Crippen molar-refractivity contribution in [2.75, 3.05) is 13.2 Å². The predicted molar refractivity (Wildman–Crippen MR) is 363 cm³/mol. The van der Waals surface area contributed by atoms with Crippen LogP contribution in [-0.4, -0.2) is 190 Å². The Morgan fingerprint density at radius 1 is 0.721 bits per heavy atom. The van der Waals surface area contributed by atoms with Crippen molar-refractivity contribution in [2.24, 2.45) is 17.4 Å². The molecule has 18 atom stereocenters. The number of halogens is 2. The highest BCUT2D eigenvalue weighted by atomic mass is 35.5. The van der Waals surface area contributed by atoms with Gasteiger partial charge in [-0.25, -0.2) is 4.79 Å². The van der Waals surface area contributed by atoms with Crippen LogP contribution in [0.15, 0.2) is 78.9 Å². The van der Waals surface area contributed by atoms with Crippen molar-refractivity contribution in [3.05, 3.63) is 117 Å². The van der Waals surface area contributed by atoms with Gasteiger partial charge in [0, 0.05) is 34.7 Å². The summed E-state index contributed by atoms with van der Waals surface area (Å²) < 4.78 is 38.4. The number of aliphatic hydroxyl groups excluding tert-OH is 6. The number of hydrogen-bond acceptors (Lipinski definition) is 25. The molecule has 2 fully saturated rings. The van der Waals surface area contributed by atoms with E-state index in [9.17, 15) is 70.2 Å². The lowest BCUT2D eigenvalue weighted by molar-refractivity contribution is -0.333. The Morgan fingerprint density at radius 3 is 1.93 bits per heavy atom. The van der Waals surface area contributed by atoms with Crippen LogP contribution in [0.2, 0.25) is 10.0 Å². The highest BCUT2D eigenvalue weighted by Crippen LogP contribution is 2.50. The summed E-state index contributed by atoms with van der Waals surface area (Å²) in [4.78, 5) is 118. The summed E-state index contributed by atoms with van der Waals surface area (Å²) in [5.74, 6) is -15.9. The number of rotatable bonds is 16.